The van der Waals surface area contributed by atoms with Crippen molar-refractivity contribution >= 4 is 0 Å². The molecular formula is C13H19F3N2O. The summed E-state index contributed by atoms with van der Waals surface area (Å²) < 4.78 is 40.9. The van der Waals surface area contributed by atoms with Gasteiger partial charge in [0.2, 0.25) is 5.88 Å². The highest BCUT2D eigenvalue weighted by molar-refractivity contribution is 5.15. The van der Waals surface area contributed by atoms with Crippen molar-refractivity contribution in [3.8, 4) is 5.88 Å². The topological polar surface area (TPSA) is 34.1 Å². The summed E-state index contributed by atoms with van der Waals surface area (Å²) in [5, 5.41) is 3.25. The molecule has 0 bridgehead atoms. The summed E-state index contributed by atoms with van der Waals surface area (Å²) in [6.45, 7) is 6.21. The molecule has 0 radical (unpaired) electrons. The van der Waals surface area contributed by atoms with Crippen LogP contribution in [0.2, 0.25) is 0 Å². The zero-order valence-electron chi connectivity index (χ0n) is 11.3. The van der Waals surface area contributed by atoms with Gasteiger partial charge in [-0.05, 0) is 26.8 Å². The lowest BCUT2D eigenvalue weighted by Gasteiger charge is -2.20. The molecule has 0 atom stereocenters. The lowest BCUT2D eigenvalue weighted by molar-refractivity contribution is -0.139. The number of nitrogens with zero attached hydrogens (tertiary/aromatic N) is 1. The van der Waals surface area contributed by atoms with Crippen molar-refractivity contribution in [3.05, 3.63) is 23.9 Å². The van der Waals surface area contributed by atoms with E-state index in [-0.39, 0.29) is 11.4 Å². The number of pyridine rings is 1. The minimum absolute atomic E-state index is 0.0468. The van der Waals surface area contributed by atoms with Gasteiger partial charge in [0.05, 0.1) is 18.7 Å². The van der Waals surface area contributed by atoms with Crippen LogP contribution in [0.15, 0.2) is 18.2 Å². The minimum Gasteiger partial charge on any atom is -0.477 e. The number of aromatic nitrogens is 1. The summed E-state index contributed by atoms with van der Waals surface area (Å²) in [6.07, 6.45) is -5.18. The van der Waals surface area contributed by atoms with Gasteiger partial charge in [0.25, 0.3) is 0 Å². The molecule has 0 aliphatic rings. The Hall–Kier alpha value is -1.30. The predicted molar refractivity (Wildman–Crippen MR) is 67.0 cm³/mol. The second-order valence-corrected chi connectivity index (χ2v) is 5.28. The Morgan fingerprint density at radius 2 is 1.89 bits per heavy atom. The van der Waals surface area contributed by atoms with Crippen LogP contribution in [-0.4, -0.2) is 23.3 Å². The number of hydrogen-bond donors (Lipinski definition) is 1. The van der Waals surface area contributed by atoms with Crippen LogP contribution in [0, 0.1) is 0 Å². The fourth-order valence-electron chi connectivity index (χ4n) is 1.26. The van der Waals surface area contributed by atoms with Crippen LogP contribution in [-0.2, 0) is 6.54 Å². The van der Waals surface area contributed by atoms with Gasteiger partial charge in [0.15, 0.2) is 0 Å². The minimum atomic E-state index is -4.20. The molecule has 0 aromatic carbocycles. The van der Waals surface area contributed by atoms with Gasteiger partial charge in [-0.1, -0.05) is 6.07 Å². The Balaban J connectivity index is 2.48. The van der Waals surface area contributed by atoms with Gasteiger partial charge in [0.1, 0.15) is 0 Å². The highest BCUT2D eigenvalue weighted by Gasteiger charge is 2.26. The number of alkyl halides is 3. The smallest absolute Gasteiger partial charge is 0.392 e. The van der Waals surface area contributed by atoms with Crippen molar-refractivity contribution in [1.29, 1.82) is 0 Å². The van der Waals surface area contributed by atoms with Crippen LogP contribution in [0.5, 0.6) is 5.88 Å². The second-order valence-electron chi connectivity index (χ2n) is 5.28. The lowest BCUT2D eigenvalue weighted by atomic mass is 10.1. The van der Waals surface area contributed by atoms with E-state index in [1.54, 1.807) is 18.2 Å². The maximum Gasteiger partial charge on any atom is 0.392 e. The van der Waals surface area contributed by atoms with E-state index in [2.05, 4.69) is 10.3 Å². The maximum absolute atomic E-state index is 12.0. The normalized spacial score (nSPS) is 12.5. The zero-order chi connectivity index (χ0) is 14.5. The van der Waals surface area contributed by atoms with Crippen LogP contribution in [0.4, 0.5) is 13.2 Å². The van der Waals surface area contributed by atoms with E-state index in [0.717, 1.165) is 5.69 Å². The summed E-state index contributed by atoms with van der Waals surface area (Å²) in [5.41, 5.74) is 0.689. The molecule has 0 spiro atoms. The maximum atomic E-state index is 12.0. The van der Waals surface area contributed by atoms with Crippen molar-refractivity contribution in [3.63, 3.8) is 0 Å². The summed E-state index contributed by atoms with van der Waals surface area (Å²) >= 11 is 0. The Kier molecular flexibility index (Phi) is 5.17. The van der Waals surface area contributed by atoms with Crippen molar-refractivity contribution in [2.45, 2.75) is 45.5 Å². The fraction of sp³-hybridized carbons (Fsp3) is 0.615. The third kappa shape index (κ3) is 7.66. The molecule has 0 fully saturated rings. The molecule has 0 amide bonds. The second kappa shape index (κ2) is 6.23. The molecular weight excluding hydrogens is 257 g/mol. The van der Waals surface area contributed by atoms with Crippen LogP contribution < -0.4 is 10.1 Å². The lowest BCUT2D eigenvalue weighted by Crippen LogP contribution is -2.35. The predicted octanol–water partition coefficient (Wildman–Crippen LogP) is 3.30. The number of hydrogen-bond acceptors (Lipinski definition) is 3. The molecule has 19 heavy (non-hydrogen) atoms. The van der Waals surface area contributed by atoms with E-state index in [9.17, 15) is 13.2 Å². The molecule has 0 aliphatic heterocycles. The van der Waals surface area contributed by atoms with Gasteiger partial charge < -0.3 is 10.1 Å². The fourth-order valence-corrected chi connectivity index (χ4v) is 1.26. The van der Waals surface area contributed by atoms with Crippen molar-refractivity contribution in [1.82, 2.24) is 10.3 Å². The molecule has 1 aromatic rings. The summed E-state index contributed by atoms with van der Waals surface area (Å²) in [5.74, 6) is 0.220. The standard InChI is InChI=1S/C13H19F3N2O/c1-12(2,3)17-9-10-5-4-6-11(18-10)19-8-7-13(14,15)16/h4-6,17H,7-9H2,1-3H3. The van der Waals surface area contributed by atoms with Crippen LogP contribution in [0.1, 0.15) is 32.9 Å². The van der Waals surface area contributed by atoms with Crippen molar-refractivity contribution in [2.75, 3.05) is 6.61 Å². The van der Waals surface area contributed by atoms with Crippen molar-refractivity contribution in [2.24, 2.45) is 0 Å². The number of ether oxygens (including phenoxy) is 1. The zero-order valence-corrected chi connectivity index (χ0v) is 11.3. The molecule has 108 valence electrons. The molecule has 1 N–H and O–H groups in total. The molecule has 3 nitrogen and oxygen atoms in total. The molecule has 0 unspecified atom stereocenters. The number of nitrogens with one attached hydrogen (secondary N) is 1. The van der Waals surface area contributed by atoms with Gasteiger partial charge in [0, 0.05) is 18.2 Å². The Morgan fingerprint density at radius 3 is 2.47 bits per heavy atom. The van der Waals surface area contributed by atoms with E-state index < -0.39 is 19.2 Å². The highest BCUT2D eigenvalue weighted by atomic mass is 19.4. The molecule has 1 heterocycles. The molecule has 1 aromatic heterocycles. The van der Waals surface area contributed by atoms with E-state index in [1.807, 2.05) is 20.8 Å². The number of rotatable bonds is 5. The number of halogens is 3. The van der Waals surface area contributed by atoms with E-state index in [4.69, 9.17) is 4.74 Å². The first-order valence-corrected chi connectivity index (χ1v) is 6.06. The van der Waals surface area contributed by atoms with Crippen LogP contribution in [0.3, 0.4) is 0 Å². The molecule has 0 saturated carbocycles. The van der Waals surface area contributed by atoms with Gasteiger partial charge >= 0.3 is 6.18 Å². The van der Waals surface area contributed by atoms with Crippen molar-refractivity contribution < 1.29 is 17.9 Å². The summed E-state index contributed by atoms with van der Waals surface area (Å²) in [6, 6.07) is 5.07. The van der Waals surface area contributed by atoms with Crippen LogP contribution in [0.25, 0.3) is 0 Å². The first kappa shape index (κ1) is 15.8. The first-order valence-electron chi connectivity index (χ1n) is 6.06. The SMILES string of the molecule is CC(C)(C)NCc1cccc(OCCC(F)(F)F)n1. The molecule has 1 rings (SSSR count). The van der Waals surface area contributed by atoms with Gasteiger partial charge in [-0.3, -0.25) is 0 Å². The third-order valence-electron chi connectivity index (χ3n) is 2.22. The van der Waals surface area contributed by atoms with E-state index in [0.29, 0.717) is 6.54 Å². The quantitative estimate of drug-likeness (QED) is 0.896. The van der Waals surface area contributed by atoms with Gasteiger partial charge in [-0.2, -0.15) is 13.2 Å². The Labute approximate surface area is 111 Å². The largest absolute Gasteiger partial charge is 0.477 e. The Bertz CT molecular complexity index is 400. The average Bonchev–Trinajstić information content (AvgIpc) is 2.24. The van der Waals surface area contributed by atoms with Crippen LogP contribution >= 0.6 is 0 Å². The molecule has 0 aliphatic carbocycles. The van der Waals surface area contributed by atoms with Gasteiger partial charge in [-0.15, -0.1) is 0 Å². The summed E-state index contributed by atoms with van der Waals surface area (Å²) in [4.78, 5) is 4.14. The average molecular weight is 276 g/mol. The summed E-state index contributed by atoms with van der Waals surface area (Å²) in [7, 11) is 0. The first-order chi connectivity index (χ1) is 8.66. The Morgan fingerprint density at radius 1 is 1.21 bits per heavy atom. The highest BCUT2D eigenvalue weighted by Crippen LogP contribution is 2.19. The molecule has 6 heteroatoms. The molecule has 0 saturated heterocycles. The monoisotopic (exact) mass is 276 g/mol. The third-order valence-corrected chi connectivity index (χ3v) is 2.22. The van der Waals surface area contributed by atoms with E-state index >= 15 is 0 Å². The van der Waals surface area contributed by atoms with Gasteiger partial charge in [-0.25, -0.2) is 4.98 Å². The van der Waals surface area contributed by atoms with E-state index in [1.165, 1.54) is 0 Å².